The van der Waals surface area contributed by atoms with Gasteiger partial charge in [0.15, 0.2) is 0 Å². The summed E-state index contributed by atoms with van der Waals surface area (Å²) in [5, 5.41) is 20.6. The molecule has 1 aromatic rings. The molecule has 0 radical (unpaired) electrons. The maximum atomic E-state index is 11.9. The summed E-state index contributed by atoms with van der Waals surface area (Å²) in [6, 6.07) is 8.17. The number of fused-ring (bicyclic) bond motifs is 1. The molecule has 1 aliphatic heterocycles. The number of carbonyl (C=O) groups is 1. The molecular weight excluding hydrogens is 268 g/mol. The number of amides is 1. The molecule has 1 aliphatic rings. The van der Waals surface area contributed by atoms with Crippen molar-refractivity contribution in [3.8, 4) is 0 Å². The molecular formula is C16H24N2O3. The van der Waals surface area contributed by atoms with E-state index >= 15 is 0 Å². The topological polar surface area (TPSA) is 72.8 Å². The fourth-order valence-electron chi connectivity index (χ4n) is 2.77. The van der Waals surface area contributed by atoms with E-state index in [1.807, 2.05) is 12.1 Å². The van der Waals surface area contributed by atoms with Gasteiger partial charge in [-0.15, -0.1) is 0 Å². The van der Waals surface area contributed by atoms with Crippen LogP contribution in [0.4, 0.5) is 5.69 Å². The highest BCUT2D eigenvalue weighted by molar-refractivity contribution is 5.77. The first-order chi connectivity index (χ1) is 10.2. The fraction of sp³-hybridized carbons (Fsp3) is 0.562. The van der Waals surface area contributed by atoms with Gasteiger partial charge in [0, 0.05) is 24.7 Å². The zero-order chi connectivity index (χ0) is 15.2. The highest BCUT2D eigenvalue weighted by Gasteiger charge is 2.23. The van der Waals surface area contributed by atoms with Crippen molar-refractivity contribution in [2.45, 2.75) is 38.3 Å². The third kappa shape index (κ3) is 3.95. The molecule has 1 atom stereocenters. The largest absolute Gasteiger partial charge is 0.394 e. The molecule has 3 N–H and O–H groups in total. The van der Waals surface area contributed by atoms with Crippen LogP contribution in [0.2, 0.25) is 0 Å². The van der Waals surface area contributed by atoms with Crippen LogP contribution in [-0.2, 0) is 11.2 Å². The first kappa shape index (κ1) is 15.8. The molecule has 5 heteroatoms. The molecule has 0 saturated heterocycles. The van der Waals surface area contributed by atoms with E-state index in [2.05, 4.69) is 29.3 Å². The monoisotopic (exact) mass is 292 g/mol. The Kier molecular flexibility index (Phi) is 5.59. The fourth-order valence-corrected chi connectivity index (χ4v) is 2.77. The number of carbonyl (C=O) groups excluding carboxylic acids is 1. The Balaban J connectivity index is 1.95. The Morgan fingerprint density at radius 1 is 1.38 bits per heavy atom. The van der Waals surface area contributed by atoms with Gasteiger partial charge in [-0.1, -0.05) is 18.2 Å². The summed E-state index contributed by atoms with van der Waals surface area (Å²) in [6.45, 7) is 2.34. The van der Waals surface area contributed by atoms with Crippen LogP contribution >= 0.6 is 0 Å². The van der Waals surface area contributed by atoms with Crippen LogP contribution in [0.15, 0.2) is 24.3 Å². The molecule has 5 nitrogen and oxygen atoms in total. The Morgan fingerprint density at radius 3 is 2.81 bits per heavy atom. The van der Waals surface area contributed by atoms with Gasteiger partial charge in [0.1, 0.15) is 0 Å². The van der Waals surface area contributed by atoms with Crippen molar-refractivity contribution in [1.82, 2.24) is 5.32 Å². The van der Waals surface area contributed by atoms with Crippen molar-refractivity contribution in [3.63, 3.8) is 0 Å². The molecule has 0 spiro atoms. The molecule has 0 fully saturated rings. The first-order valence-corrected chi connectivity index (χ1v) is 7.51. The van der Waals surface area contributed by atoms with Gasteiger partial charge in [-0.05, 0) is 31.4 Å². The lowest BCUT2D eigenvalue weighted by Crippen LogP contribution is -2.43. The second kappa shape index (κ2) is 7.43. The van der Waals surface area contributed by atoms with Crippen LogP contribution in [0.25, 0.3) is 0 Å². The Hall–Kier alpha value is -1.59. The second-order valence-corrected chi connectivity index (χ2v) is 5.59. The number of para-hydroxylation sites is 1. The van der Waals surface area contributed by atoms with E-state index in [9.17, 15) is 4.79 Å². The van der Waals surface area contributed by atoms with Crippen molar-refractivity contribution >= 4 is 11.6 Å². The maximum absolute atomic E-state index is 11.9. The Morgan fingerprint density at radius 2 is 2.10 bits per heavy atom. The third-order valence-electron chi connectivity index (χ3n) is 4.05. The van der Waals surface area contributed by atoms with Crippen LogP contribution in [0.5, 0.6) is 0 Å². The number of aliphatic hydroxyl groups is 2. The molecule has 0 unspecified atom stereocenters. The number of anilines is 1. The molecule has 21 heavy (non-hydrogen) atoms. The van der Waals surface area contributed by atoms with Crippen molar-refractivity contribution < 1.29 is 15.0 Å². The third-order valence-corrected chi connectivity index (χ3v) is 4.05. The SMILES string of the molecule is C[C@@H]1CCc2ccccc2N1CCC(=O)NC(CO)CO. The zero-order valence-electron chi connectivity index (χ0n) is 12.5. The molecule has 1 heterocycles. The number of aliphatic hydroxyl groups excluding tert-OH is 2. The predicted octanol–water partition coefficient (Wildman–Crippen LogP) is 0.687. The maximum Gasteiger partial charge on any atom is 0.222 e. The molecule has 1 aromatic carbocycles. The quantitative estimate of drug-likeness (QED) is 0.721. The van der Waals surface area contributed by atoms with Gasteiger partial charge in [0.25, 0.3) is 0 Å². The Labute approximate surface area is 125 Å². The number of hydrogen-bond acceptors (Lipinski definition) is 4. The van der Waals surface area contributed by atoms with Crippen molar-refractivity contribution in [2.75, 3.05) is 24.7 Å². The average Bonchev–Trinajstić information content (AvgIpc) is 2.51. The predicted molar refractivity (Wildman–Crippen MR) is 82.3 cm³/mol. The van der Waals surface area contributed by atoms with Gasteiger partial charge in [-0.3, -0.25) is 4.79 Å². The van der Waals surface area contributed by atoms with Crippen LogP contribution in [0, 0.1) is 0 Å². The summed E-state index contributed by atoms with van der Waals surface area (Å²) in [6.07, 6.45) is 2.53. The number of nitrogens with zero attached hydrogens (tertiary/aromatic N) is 1. The van der Waals surface area contributed by atoms with Crippen LogP contribution in [-0.4, -0.2) is 48.0 Å². The van der Waals surface area contributed by atoms with Crippen LogP contribution in [0.3, 0.4) is 0 Å². The van der Waals surface area contributed by atoms with Gasteiger partial charge in [0.05, 0.1) is 19.3 Å². The molecule has 0 saturated carbocycles. The normalized spacial score (nSPS) is 17.7. The van der Waals surface area contributed by atoms with E-state index in [1.54, 1.807) is 0 Å². The lowest BCUT2D eigenvalue weighted by molar-refractivity contribution is -0.122. The summed E-state index contributed by atoms with van der Waals surface area (Å²) >= 11 is 0. The summed E-state index contributed by atoms with van der Waals surface area (Å²) < 4.78 is 0. The second-order valence-electron chi connectivity index (χ2n) is 5.59. The lowest BCUT2D eigenvalue weighted by Gasteiger charge is -2.37. The van der Waals surface area contributed by atoms with Crippen LogP contribution < -0.4 is 10.2 Å². The lowest BCUT2D eigenvalue weighted by atomic mass is 9.96. The summed E-state index contributed by atoms with van der Waals surface area (Å²) in [7, 11) is 0. The van der Waals surface area contributed by atoms with E-state index in [0.717, 1.165) is 12.8 Å². The highest BCUT2D eigenvalue weighted by Crippen LogP contribution is 2.30. The Bertz CT molecular complexity index is 474. The van der Waals surface area contributed by atoms with Gasteiger partial charge in [0.2, 0.25) is 5.91 Å². The van der Waals surface area contributed by atoms with E-state index in [-0.39, 0.29) is 19.1 Å². The molecule has 0 bridgehead atoms. The van der Waals surface area contributed by atoms with E-state index < -0.39 is 6.04 Å². The number of benzene rings is 1. The van der Waals surface area contributed by atoms with Crippen LogP contribution in [0.1, 0.15) is 25.3 Å². The number of rotatable bonds is 6. The van der Waals surface area contributed by atoms with Gasteiger partial charge < -0.3 is 20.4 Å². The van der Waals surface area contributed by atoms with E-state index in [1.165, 1.54) is 11.3 Å². The molecule has 116 valence electrons. The number of nitrogens with one attached hydrogen (secondary N) is 1. The molecule has 0 aliphatic carbocycles. The minimum atomic E-state index is -0.566. The smallest absolute Gasteiger partial charge is 0.222 e. The number of aryl methyl sites for hydroxylation is 1. The average molecular weight is 292 g/mol. The van der Waals surface area contributed by atoms with Gasteiger partial charge in [-0.25, -0.2) is 0 Å². The van der Waals surface area contributed by atoms with E-state index in [4.69, 9.17) is 10.2 Å². The first-order valence-electron chi connectivity index (χ1n) is 7.51. The van der Waals surface area contributed by atoms with Gasteiger partial charge >= 0.3 is 0 Å². The van der Waals surface area contributed by atoms with Crippen molar-refractivity contribution in [1.29, 1.82) is 0 Å². The van der Waals surface area contributed by atoms with Gasteiger partial charge in [-0.2, -0.15) is 0 Å². The minimum absolute atomic E-state index is 0.140. The summed E-state index contributed by atoms with van der Waals surface area (Å²) in [5.74, 6) is -0.140. The summed E-state index contributed by atoms with van der Waals surface area (Å²) in [5.41, 5.74) is 2.55. The summed E-state index contributed by atoms with van der Waals surface area (Å²) in [4.78, 5) is 14.1. The number of hydrogen-bond donors (Lipinski definition) is 3. The van der Waals surface area contributed by atoms with E-state index in [0.29, 0.717) is 19.0 Å². The van der Waals surface area contributed by atoms with Crippen molar-refractivity contribution in [2.24, 2.45) is 0 Å². The van der Waals surface area contributed by atoms with Crippen molar-refractivity contribution in [3.05, 3.63) is 29.8 Å². The minimum Gasteiger partial charge on any atom is -0.394 e. The molecule has 0 aromatic heterocycles. The molecule has 2 rings (SSSR count). The highest BCUT2D eigenvalue weighted by atomic mass is 16.3. The standard InChI is InChI=1S/C16H24N2O3/c1-12-6-7-13-4-2-3-5-15(13)18(12)9-8-16(21)17-14(10-19)11-20/h2-5,12,14,19-20H,6-11H2,1H3,(H,17,21)/t12-/m1/s1. The molecule has 1 amide bonds. The zero-order valence-corrected chi connectivity index (χ0v) is 12.5.